The van der Waals surface area contributed by atoms with E-state index in [1.165, 1.54) is 14.2 Å². The van der Waals surface area contributed by atoms with Crippen LogP contribution in [-0.2, 0) is 11.2 Å². The van der Waals surface area contributed by atoms with Gasteiger partial charge < -0.3 is 19.5 Å². The van der Waals surface area contributed by atoms with Crippen molar-refractivity contribution in [2.45, 2.75) is 6.42 Å². The van der Waals surface area contributed by atoms with Crippen molar-refractivity contribution in [3.63, 3.8) is 0 Å². The molecule has 0 atom stereocenters. The maximum Gasteiger partial charge on any atom is 0.281 e. The van der Waals surface area contributed by atoms with E-state index in [2.05, 4.69) is 10.3 Å². The van der Waals surface area contributed by atoms with Crippen LogP contribution >= 0.6 is 0 Å². The molecule has 1 N–H and O–H groups in total. The molecule has 2 amide bonds. The molecule has 26 heavy (non-hydrogen) atoms. The molecule has 1 aliphatic rings. The summed E-state index contributed by atoms with van der Waals surface area (Å²) in [5.74, 6) is 0.695. The Labute approximate surface area is 150 Å². The number of methoxy groups -OCH3 is 1. The molecule has 0 saturated carbocycles. The number of nitrogens with one attached hydrogen (secondary N) is 1. The molecular formula is C19H18N2O5. The Morgan fingerprint density at radius 2 is 1.92 bits per heavy atom. The first-order valence-corrected chi connectivity index (χ1v) is 7.98. The van der Waals surface area contributed by atoms with E-state index < -0.39 is 11.8 Å². The fraction of sp³-hybridized carbons (Fsp3) is 0.211. The molecule has 1 heterocycles. The lowest BCUT2D eigenvalue weighted by atomic mass is 10.1. The van der Waals surface area contributed by atoms with Crippen LogP contribution in [0.5, 0.6) is 17.2 Å². The number of aliphatic imine (C=N–C) groups is 1. The summed E-state index contributed by atoms with van der Waals surface area (Å²) in [6.45, 7) is 0.168. The van der Waals surface area contributed by atoms with E-state index in [0.717, 1.165) is 5.56 Å². The van der Waals surface area contributed by atoms with E-state index in [4.69, 9.17) is 14.2 Å². The van der Waals surface area contributed by atoms with Gasteiger partial charge in [-0.2, -0.15) is 0 Å². The van der Waals surface area contributed by atoms with Crippen molar-refractivity contribution in [2.24, 2.45) is 4.99 Å². The summed E-state index contributed by atoms with van der Waals surface area (Å²) < 4.78 is 15.8. The highest BCUT2D eigenvalue weighted by atomic mass is 16.7. The fourth-order valence-electron chi connectivity index (χ4n) is 2.56. The van der Waals surface area contributed by atoms with Crippen LogP contribution in [0.4, 0.5) is 0 Å². The minimum absolute atomic E-state index is 0.0993. The summed E-state index contributed by atoms with van der Waals surface area (Å²) in [7, 11) is 2.97. The van der Waals surface area contributed by atoms with Gasteiger partial charge in [0.25, 0.3) is 11.8 Å². The van der Waals surface area contributed by atoms with Gasteiger partial charge in [0, 0.05) is 13.5 Å². The van der Waals surface area contributed by atoms with E-state index in [1.54, 1.807) is 42.5 Å². The van der Waals surface area contributed by atoms with Gasteiger partial charge in [-0.3, -0.25) is 9.59 Å². The average Bonchev–Trinajstić information content (AvgIpc) is 3.14. The Morgan fingerprint density at radius 1 is 1.15 bits per heavy atom. The van der Waals surface area contributed by atoms with Crippen molar-refractivity contribution >= 4 is 17.5 Å². The van der Waals surface area contributed by atoms with Gasteiger partial charge in [-0.15, -0.1) is 0 Å². The smallest absolute Gasteiger partial charge is 0.281 e. The maximum atomic E-state index is 12.5. The predicted octanol–water partition coefficient (Wildman–Crippen LogP) is 1.99. The predicted molar refractivity (Wildman–Crippen MR) is 95.1 cm³/mol. The second kappa shape index (κ2) is 7.69. The SMILES string of the molecule is CNC(=O)C(Cc1ccc2c(c1)OCO2)=NC(=O)c1ccccc1OC. The van der Waals surface area contributed by atoms with E-state index in [9.17, 15) is 9.59 Å². The number of carbonyl (C=O) groups is 2. The van der Waals surface area contributed by atoms with Crippen molar-refractivity contribution in [3.05, 3.63) is 53.6 Å². The number of rotatable bonds is 5. The lowest BCUT2D eigenvalue weighted by Gasteiger charge is -2.08. The van der Waals surface area contributed by atoms with Gasteiger partial charge in [-0.25, -0.2) is 4.99 Å². The highest BCUT2D eigenvalue weighted by Crippen LogP contribution is 2.32. The monoisotopic (exact) mass is 354 g/mol. The molecule has 0 bridgehead atoms. The number of ether oxygens (including phenoxy) is 3. The van der Waals surface area contributed by atoms with Crippen LogP contribution in [0.1, 0.15) is 15.9 Å². The fourth-order valence-corrected chi connectivity index (χ4v) is 2.56. The Hall–Kier alpha value is -3.35. The Bertz CT molecular complexity index is 876. The van der Waals surface area contributed by atoms with Crippen LogP contribution in [-0.4, -0.2) is 38.5 Å². The van der Waals surface area contributed by atoms with Gasteiger partial charge in [-0.05, 0) is 29.8 Å². The lowest BCUT2D eigenvalue weighted by molar-refractivity contribution is -0.114. The zero-order valence-corrected chi connectivity index (χ0v) is 14.4. The quantitative estimate of drug-likeness (QED) is 0.830. The maximum absolute atomic E-state index is 12.5. The van der Waals surface area contributed by atoms with Crippen molar-refractivity contribution in [3.8, 4) is 17.2 Å². The largest absolute Gasteiger partial charge is 0.496 e. The first-order valence-electron chi connectivity index (χ1n) is 7.98. The topological polar surface area (TPSA) is 86.2 Å². The molecule has 2 aromatic rings. The summed E-state index contributed by atoms with van der Waals surface area (Å²) >= 11 is 0. The third-order valence-electron chi connectivity index (χ3n) is 3.87. The number of carbonyl (C=O) groups excluding carboxylic acids is 2. The number of nitrogens with zero attached hydrogens (tertiary/aromatic N) is 1. The second-order valence-corrected chi connectivity index (χ2v) is 5.51. The van der Waals surface area contributed by atoms with Gasteiger partial charge in [0.15, 0.2) is 11.5 Å². The van der Waals surface area contributed by atoms with Crippen molar-refractivity contribution < 1.29 is 23.8 Å². The molecular weight excluding hydrogens is 336 g/mol. The van der Waals surface area contributed by atoms with Gasteiger partial charge in [0.2, 0.25) is 6.79 Å². The molecule has 7 heteroatoms. The molecule has 0 saturated heterocycles. The molecule has 3 rings (SSSR count). The van der Waals surface area contributed by atoms with Crippen LogP contribution in [0.25, 0.3) is 0 Å². The second-order valence-electron chi connectivity index (χ2n) is 5.51. The standard InChI is InChI=1S/C19H18N2O5/c1-20-19(23)14(9-12-7-8-16-17(10-12)26-11-25-16)21-18(22)13-5-3-4-6-15(13)24-2/h3-8,10H,9,11H2,1-2H3,(H,20,23). The Morgan fingerprint density at radius 3 is 2.69 bits per heavy atom. The number of benzene rings is 2. The number of fused-ring (bicyclic) bond motifs is 1. The highest BCUT2D eigenvalue weighted by Gasteiger charge is 2.19. The van der Waals surface area contributed by atoms with Crippen molar-refractivity contribution in [2.75, 3.05) is 21.0 Å². The first-order chi connectivity index (χ1) is 12.6. The Balaban J connectivity index is 1.89. The van der Waals surface area contributed by atoms with Crippen LogP contribution in [0, 0.1) is 0 Å². The summed E-state index contributed by atoms with van der Waals surface area (Å²) in [4.78, 5) is 28.8. The number of hydrogen-bond acceptors (Lipinski definition) is 5. The van der Waals surface area contributed by atoms with E-state index in [1.807, 2.05) is 0 Å². The number of para-hydroxylation sites is 1. The molecule has 0 aromatic heterocycles. The minimum Gasteiger partial charge on any atom is -0.496 e. The summed E-state index contributed by atoms with van der Waals surface area (Å²) in [5.41, 5.74) is 1.17. The van der Waals surface area contributed by atoms with Crippen LogP contribution in [0.3, 0.4) is 0 Å². The Kier molecular flexibility index (Phi) is 5.17. The van der Waals surface area contributed by atoms with Crippen molar-refractivity contribution in [1.29, 1.82) is 0 Å². The van der Waals surface area contributed by atoms with Crippen molar-refractivity contribution in [1.82, 2.24) is 5.32 Å². The van der Waals surface area contributed by atoms with E-state index in [0.29, 0.717) is 22.8 Å². The zero-order chi connectivity index (χ0) is 18.5. The van der Waals surface area contributed by atoms with Crippen LogP contribution in [0.15, 0.2) is 47.5 Å². The minimum atomic E-state index is -0.540. The third-order valence-corrected chi connectivity index (χ3v) is 3.87. The van der Waals surface area contributed by atoms with Gasteiger partial charge >= 0.3 is 0 Å². The molecule has 0 radical (unpaired) electrons. The molecule has 0 spiro atoms. The molecule has 0 fully saturated rings. The molecule has 0 aliphatic carbocycles. The third kappa shape index (κ3) is 3.66. The van der Waals surface area contributed by atoms with Gasteiger partial charge in [0.1, 0.15) is 11.5 Å². The summed E-state index contributed by atoms with van der Waals surface area (Å²) in [6, 6.07) is 12.1. The zero-order valence-electron chi connectivity index (χ0n) is 14.4. The molecule has 7 nitrogen and oxygen atoms in total. The lowest BCUT2D eigenvalue weighted by Crippen LogP contribution is -2.30. The van der Waals surface area contributed by atoms with Gasteiger partial charge in [0.05, 0.1) is 12.7 Å². The average molecular weight is 354 g/mol. The molecule has 2 aromatic carbocycles. The van der Waals surface area contributed by atoms with Gasteiger partial charge in [-0.1, -0.05) is 18.2 Å². The van der Waals surface area contributed by atoms with E-state index >= 15 is 0 Å². The molecule has 1 aliphatic heterocycles. The normalized spacial score (nSPS) is 12.6. The molecule has 134 valence electrons. The first kappa shape index (κ1) is 17.5. The van der Waals surface area contributed by atoms with Crippen LogP contribution in [0.2, 0.25) is 0 Å². The van der Waals surface area contributed by atoms with Crippen LogP contribution < -0.4 is 19.5 Å². The highest BCUT2D eigenvalue weighted by molar-refractivity contribution is 6.41. The number of hydrogen-bond donors (Lipinski definition) is 1. The molecule has 0 unspecified atom stereocenters. The summed E-state index contributed by atoms with van der Waals surface area (Å²) in [5, 5.41) is 2.51. The number of amides is 2. The van der Waals surface area contributed by atoms with E-state index in [-0.39, 0.29) is 18.9 Å². The summed E-state index contributed by atoms with van der Waals surface area (Å²) in [6.07, 6.45) is 0.178.